The van der Waals surface area contributed by atoms with Crippen molar-refractivity contribution in [2.24, 2.45) is 11.0 Å². The quantitative estimate of drug-likeness (QED) is 0.197. The third-order valence-electron chi connectivity index (χ3n) is 8.55. The number of nitro benzene ring substituents is 1. The Morgan fingerprint density at radius 3 is 2.31 bits per heavy atom. The Hall–Kier alpha value is -4.70. The van der Waals surface area contributed by atoms with Crippen molar-refractivity contribution in [1.29, 1.82) is 0 Å². The zero-order chi connectivity index (χ0) is 31.3. The number of ether oxygens (including phenoxy) is 3. The predicted octanol–water partition coefficient (Wildman–Crippen LogP) is 6.67. The minimum atomic E-state index is -0.418. The third kappa shape index (κ3) is 6.42. The highest BCUT2D eigenvalue weighted by Crippen LogP contribution is 2.45. The number of morpholine rings is 1. The second-order valence-corrected chi connectivity index (χ2v) is 11.3. The lowest BCUT2D eigenvalue weighted by molar-refractivity contribution is -0.384. The summed E-state index contributed by atoms with van der Waals surface area (Å²) in [6.07, 6.45) is 4.82. The van der Waals surface area contributed by atoms with Gasteiger partial charge in [-0.15, -0.1) is 0 Å². The maximum Gasteiger partial charge on any atom is 0.293 e. The van der Waals surface area contributed by atoms with Gasteiger partial charge in [0.15, 0.2) is 0 Å². The molecular formula is C35H38N4O6. The number of rotatable bonds is 9. The van der Waals surface area contributed by atoms with E-state index >= 15 is 0 Å². The lowest BCUT2D eigenvalue weighted by Crippen LogP contribution is -2.36. The monoisotopic (exact) mass is 610 g/mol. The lowest BCUT2D eigenvalue weighted by Gasteiger charge is -2.30. The molecule has 45 heavy (non-hydrogen) atoms. The molecule has 1 saturated carbocycles. The molecular weight excluding hydrogens is 572 g/mol. The van der Waals surface area contributed by atoms with E-state index in [1.807, 2.05) is 67.3 Å². The number of hydrogen-bond donors (Lipinski definition) is 0. The normalized spacial score (nSPS) is 20.5. The Morgan fingerprint density at radius 1 is 1.00 bits per heavy atom. The molecule has 0 unspecified atom stereocenters. The summed E-state index contributed by atoms with van der Waals surface area (Å²) in [6, 6.07) is 20.2. The summed E-state index contributed by atoms with van der Waals surface area (Å²) < 4.78 is 16.7. The van der Waals surface area contributed by atoms with E-state index in [0.717, 1.165) is 53.2 Å². The van der Waals surface area contributed by atoms with Crippen LogP contribution in [0.2, 0.25) is 0 Å². The fourth-order valence-electron chi connectivity index (χ4n) is 6.46. The summed E-state index contributed by atoms with van der Waals surface area (Å²) >= 11 is 0. The number of fused-ring (bicyclic) bond motifs is 1. The van der Waals surface area contributed by atoms with Crippen LogP contribution in [0.5, 0.6) is 11.5 Å². The van der Waals surface area contributed by atoms with Gasteiger partial charge in [0.05, 0.1) is 43.1 Å². The van der Waals surface area contributed by atoms with Crippen LogP contribution in [0.1, 0.15) is 60.6 Å². The molecule has 0 radical (unpaired) electrons. The molecule has 2 atom stereocenters. The molecule has 10 heteroatoms. The van der Waals surface area contributed by atoms with Crippen LogP contribution in [-0.2, 0) is 4.74 Å². The topological polar surface area (TPSA) is 107 Å². The number of hydrogen-bond acceptors (Lipinski definition) is 8. The molecule has 2 aliphatic heterocycles. The smallest absolute Gasteiger partial charge is 0.293 e. The Balaban J connectivity index is 1.38. The fraction of sp³-hybridized carbons (Fsp3) is 0.371. The molecule has 3 aromatic rings. The highest BCUT2D eigenvalue weighted by molar-refractivity contribution is 6.09. The number of anilines is 1. The molecule has 1 saturated heterocycles. The SMILES string of the molecule is CCOc1ccc(/C=C2/CCC[C@@H]3C2=NN(C(=O)c2ccc(N4CCOCC4)c([N+](=O)[O-])c2)[C@H]3c2ccc(OCC)cc2)cc1. The molecule has 0 aromatic heterocycles. The maximum absolute atomic E-state index is 14.3. The van der Waals surface area contributed by atoms with Crippen LogP contribution in [0.25, 0.3) is 6.08 Å². The first-order valence-electron chi connectivity index (χ1n) is 15.7. The fourth-order valence-corrected chi connectivity index (χ4v) is 6.46. The maximum atomic E-state index is 14.3. The minimum absolute atomic E-state index is 0.0165. The van der Waals surface area contributed by atoms with Crippen LogP contribution >= 0.6 is 0 Å². The number of carbonyl (C=O) groups is 1. The molecule has 3 aromatic carbocycles. The second kappa shape index (κ2) is 13.5. The first-order chi connectivity index (χ1) is 22.0. The van der Waals surface area contributed by atoms with Gasteiger partial charge in [-0.25, -0.2) is 5.01 Å². The molecule has 0 N–H and O–H groups in total. The van der Waals surface area contributed by atoms with Crippen molar-refractivity contribution in [3.8, 4) is 11.5 Å². The minimum Gasteiger partial charge on any atom is -0.494 e. The summed E-state index contributed by atoms with van der Waals surface area (Å²) in [4.78, 5) is 28.0. The molecule has 2 heterocycles. The van der Waals surface area contributed by atoms with E-state index in [2.05, 4.69) is 6.08 Å². The Morgan fingerprint density at radius 2 is 1.67 bits per heavy atom. The first-order valence-corrected chi connectivity index (χ1v) is 15.7. The highest BCUT2D eigenvalue weighted by Gasteiger charge is 2.44. The second-order valence-electron chi connectivity index (χ2n) is 11.3. The van der Waals surface area contributed by atoms with Crippen LogP contribution in [0.4, 0.5) is 11.4 Å². The van der Waals surface area contributed by atoms with Gasteiger partial charge in [0.2, 0.25) is 0 Å². The number of carbonyl (C=O) groups excluding carboxylic acids is 1. The first kappa shape index (κ1) is 30.3. The molecule has 1 amide bonds. The lowest BCUT2D eigenvalue weighted by atomic mass is 9.77. The molecule has 6 rings (SSSR count). The summed E-state index contributed by atoms with van der Waals surface area (Å²) in [5.74, 6) is 1.19. The third-order valence-corrected chi connectivity index (χ3v) is 8.55. The number of amides is 1. The molecule has 10 nitrogen and oxygen atoms in total. The largest absolute Gasteiger partial charge is 0.494 e. The summed E-state index contributed by atoms with van der Waals surface area (Å²) in [5, 5.41) is 18.7. The van der Waals surface area contributed by atoms with Crippen LogP contribution in [0.15, 0.2) is 77.4 Å². The number of benzene rings is 3. The van der Waals surface area contributed by atoms with E-state index in [-0.39, 0.29) is 29.1 Å². The molecule has 0 bridgehead atoms. The van der Waals surface area contributed by atoms with E-state index in [1.165, 1.54) is 6.07 Å². The van der Waals surface area contributed by atoms with Gasteiger partial charge in [0.1, 0.15) is 17.2 Å². The summed E-state index contributed by atoms with van der Waals surface area (Å²) in [7, 11) is 0. The molecule has 234 valence electrons. The standard InChI is InChI=1S/C35H38N4O6/c1-3-44-28-13-8-24(9-14-28)22-26-6-5-7-30-33(26)36-38(34(30)25-10-15-29(16-11-25)45-4-2)35(40)27-12-17-31(32(23-27)39(41)42)37-18-20-43-21-19-37/h8-17,22-23,30,34H,3-7,18-21H2,1-2H3/b26-22-/t30-,34+/m1/s1. The average molecular weight is 611 g/mol. The van der Waals surface area contributed by atoms with E-state index in [9.17, 15) is 14.9 Å². The van der Waals surface area contributed by atoms with Gasteiger partial charge < -0.3 is 19.1 Å². The Kier molecular flexibility index (Phi) is 9.11. The number of allylic oxidation sites excluding steroid dienone is 1. The van der Waals surface area contributed by atoms with Crippen molar-refractivity contribution in [3.63, 3.8) is 0 Å². The molecule has 2 fully saturated rings. The predicted molar refractivity (Wildman–Crippen MR) is 173 cm³/mol. The van der Waals surface area contributed by atoms with Gasteiger partial charge in [-0.2, -0.15) is 5.10 Å². The van der Waals surface area contributed by atoms with Gasteiger partial charge in [-0.3, -0.25) is 14.9 Å². The Labute approximate surface area is 263 Å². The highest BCUT2D eigenvalue weighted by atomic mass is 16.6. The number of hydrazone groups is 1. The van der Waals surface area contributed by atoms with E-state index in [0.29, 0.717) is 45.2 Å². The van der Waals surface area contributed by atoms with Crippen molar-refractivity contribution >= 4 is 29.1 Å². The van der Waals surface area contributed by atoms with Gasteiger partial charge >= 0.3 is 0 Å². The Bertz CT molecular complexity index is 1600. The molecule has 0 spiro atoms. The summed E-state index contributed by atoms with van der Waals surface area (Å²) in [6.45, 7) is 7.17. The van der Waals surface area contributed by atoms with Crippen molar-refractivity contribution < 1.29 is 23.9 Å². The van der Waals surface area contributed by atoms with Crippen LogP contribution < -0.4 is 14.4 Å². The van der Waals surface area contributed by atoms with Gasteiger partial charge in [-0.05, 0) is 92.3 Å². The van der Waals surface area contributed by atoms with Crippen molar-refractivity contribution in [2.45, 2.75) is 39.2 Å². The van der Waals surface area contributed by atoms with Crippen molar-refractivity contribution in [1.82, 2.24) is 5.01 Å². The van der Waals surface area contributed by atoms with Gasteiger partial charge in [-0.1, -0.05) is 24.3 Å². The number of nitrogens with zero attached hydrogens (tertiary/aromatic N) is 4. The summed E-state index contributed by atoms with van der Waals surface area (Å²) in [5.41, 5.74) is 4.59. The van der Waals surface area contributed by atoms with Gasteiger partial charge in [0.25, 0.3) is 11.6 Å². The van der Waals surface area contributed by atoms with Crippen LogP contribution in [-0.4, -0.2) is 61.1 Å². The van der Waals surface area contributed by atoms with Crippen molar-refractivity contribution in [3.05, 3.63) is 99.1 Å². The average Bonchev–Trinajstić information content (AvgIpc) is 3.47. The zero-order valence-electron chi connectivity index (χ0n) is 25.7. The van der Waals surface area contributed by atoms with Crippen molar-refractivity contribution in [2.75, 3.05) is 44.4 Å². The van der Waals surface area contributed by atoms with E-state index in [4.69, 9.17) is 19.3 Å². The van der Waals surface area contributed by atoms with Gasteiger partial charge in [0, 0.05) is 30.6 Å². The molecule has 1 aliphatic carbocycles. The zero-order valence-corrected chi connectivity index (χ0v) is 25.7. The van der Waals surface area contributed by atoms with Crippen LogP contribution in [0, 0.1) is 16.0 Å². The van der Waals surface area contributed by atoms with Crippen LogP contribution in [0.3, 0.4) is 0 Å². The van der Waals surface area contributed by atoms with E-state index < -0.39 is 4.92 Å². The number of nitro groups is 1. The van der Waals surface area contributed by atoms with E-state index in [1.54, 1.807) is 17.1 Å². The molecule has 3 aliphatic rings.